The Kier molecular flexibility index (Phi) is 4.86. The molecule has 2 rings (SSSR count). The highest BCUT2D eigenvalue weighted by Crippen LogP contribution is 2.24. The number of rotatable bonds is 5. The highest BCUT2D eigenvalue weighted by Gasteiger charge is 2.34. The third-order valence-electron chi connectivity index (χ3n) is 4.18. The molecule has 0 spiro atoms. The lowest BCUT2D eigenvalue weighted by molar-refractivity contribution is 0.160. The fourth-order valence-electron chi connectivity index (χ4n) is 2.68. The van der Waals surface area contributed by atoms with Crippen LogP contribution in [0.1, 0.15) is 51.3 Å². The van der Waals surface area contributed by atoms with E-state index in [4.69, 9.17) is 0 Å². The fourth-order valence-corrected chi connectivity index (χ4v) is 4.69. The quantitative estimate of drug-likeness (QED) is 0.899. The summed E-state index contributed by atoms with van der Waals surface area (Å²) in [4.78, 5) is 0. The first-order valence-electron chi connectivity index (χ1n) is 7.37. The molecule has 0 aliphatic carbocycles. The molecule has 0 radical (unpaired) electrons. The van der Waals surface area contributed by atoms with E-state index in [0.717, 1.165) is 18.5 Å². The maximum Gasteiger partial charge on any atom is 0.155 e. The number of aromatic nitrogens is 2. The van der Waals surface area contributed by atoms with Gasteiger partial charge in [-0.25, -0.2) is 8.42 Å². The van der Waals surface area contributed by atoms with Crippen LogP contribution in [0, 0.1) is 0 Å². The summed E-state index contributed by atoms with van der Waals surface area (Å²) in [5.41, 5.74) is 0.763. The molecule has 114 valence electrons. The Balaban J connectivity index is 2.04. The highest BCUT2D eigenvalue weighted by atomic mass is 32.2. The smallest absolute Gasteiger partial charge is 0.155 e. The summed E-state index contributed by atoms with van der Waals surface area (Å²) < 4.78 is 25.8. The van der Waals surface area contributed by atoms with E-state index < -0.39 is 21.2 Å². The average Bonchev–Trinajstić information content (AvgIpc) is 2.85. The third-order valence-corrected chi connectivity index (χ3v) is 6.51. The van der Waals surface area contributed by atoms with Crippen LogP contribution in [0.15, 0.2) is 12.3 Å². The van der Waals surface area contributed by atoms with Crippen LogP contribution in [0.4, 0.5) is 0 Å². The second-order valence-electron chi connectivity index (χ2n) is 5.72. The maximum absolute atomic E-state index is 12.0. The van der Waals surface area contributed by atoms with Crippen molar-refractivity contribution in [3.8, 4) is 0 Å². The Bertz CT molecular complexity index is 538. The lowest BCUT2D eigenvalue weighted by atomic mass is 10.1. The molecule has 5 nitrogen and oxygen atoms in total. The molecule has 6 heteroatoms. The molecule has 0 bridgehead atoms. The molecule has 1 aliphatic rings. The van der Waals surface area contributed by atoms with Gasteiger partial charge in [0, 0.05) is 18.7 Å². The Morgan fingerprint density at radius 2 is 2.25 bits per heavy atom. The minimum atomic E-state index is -3.14. The summed E-state index contributed by atoms with van der Waals surface area (Å²) >= 11 is 0. The first-order valence-corrected chi connectivity index (χ1v) is 9.09. The van der Waals surface area contributed by atoms with Gasteiger partial charge in [-0.3, -0.25) is 4.68 Å². The molecule has 1 saturated heterocycles. The maximum atomic E-state index is 12.0. The van der Waals surface area contributed by atoms with Gasteiger partial charge in [-0.1, -0.05) is 13.3 Å². The Hall–Kier alpha value is -0.880. The van der Waals surface area contributed by atoms with Crippen LogP contribution in [0.5, 0.6) is 0 Å². The minimum absolute atomic E-state index is 0.204. The van der Waals surface area contributed by atoms with E-state index in [2.05, 4.69) is 18.9 Å². The number of sulfone groups is 1. The van der Waals surface area contributed by atoms with Crippen LogP contribution in [0.3, 0.4) is 0 Å². The zero-order valence-corrected chi connectivity index (χ0v) is 13.0. The van der Waals surface area contributed by atoms with Crippen LogP contribution >= 0.6 is 0 Å². The van der Waals surface area contributed by atoms with Crippen molar-refractivity contribution in [3.63, 3.8) is 0 Å². The highest BCUT2D eigenvalue weighted by molar-refractivity contribution is 7.92. The molecular formula is C14H24N2O3S. The van der Waals surface area contributed by atoms with Gasteiger partial charge in [0.05, 0.1) is 22.8 Å². The summed E-state index contributed by atoms with van der Waals surface area (Å²) in [6.07, 6.45) is 4.51. The van der Waals surface area contributed by atoms with Crippen molar-refractivity contribution >= 4 is 9.84 Å². The largest absolute Gasteiger partial charge is 0.391 e. The van der Waals surface area contributed by atoms with E-state index >= 15 is 0 Å². The molecule has 1 aromatic rings. The summed E-state index contributed by atoms with van der Waals surface area (Å²) in [6.45, 7) is 4.17. The van der Waals surface area contributed by atoms with Gasteiger partial charge < -0.3 is 5.11 Å². The number of aliphatic hydroxyl groups is 1. The van der Waals surface area contributed by atoms with Crippen LogP contribution in [0.2, 0.25) is 0 Å². The Morgan fingerprint density at radius 1 is 1.50 bits per heavy atom. The molecule has 3 unspecified atom stereocenters. The first kappa shape index (κ1) is 15.5. The predicted molar refractivity (Wildman–Crippen MR) is 78.4 cm³/mol. The summed E-state index contributed by atoms with van der Waals surface area (Å²) in [7, 11) is -3.14. The average molecular weight is 300 g/mol. The van der Waals surface area contributed by atoms with Gasteiger partial charge in [-0.15, -0.1) is 0 Å². The summed E-state index contributed by atoms with van der Waals surface area (Å²) in [6, 6.07) is 2.18. The monoisotopic (exact) mass is 300 g/mol. The molecule has 1 fully saturated rings. The van der Waals surface area contributed by atoms with Gasteiger partial charge in [0.15, 0.2) is 9.84 Å². The van der Waals surface area contributed by atoms with E-state index in [9.17, 15) is 13.5 Å². The van der Waals surface area contributed by atoms with Crippen molar-refractivity contribution in [2.45, 2.75) is 63.3 Å². The molecular weight excluding hydrogens is 276 g/mol. The van der Waals surface area contributed by atoms with E-state index in [-0.39, 0.29) is 5.75 Å². The molecule has 1 aromatic heterocycles. The van der Waals surface area contributed by atoms with Crippen molar-refractivity contribution in [2.75, 3.05) is 5.75 Å². The first-order chi connectivity index (χ1) is 9.44. The lowest BCUT2D eigenvalue weighted by Crippen LogP contribution is -2.39. The summed E-state index contributed by atoms with van der Waals surface area (Å²) in [5.74, 6) is 0.204. The molecule has 1 N–H and O–H groups in total. The van der Waals surface area contributed by atoms with E-state index in [1.165, 1.54) is 0 Å². The molecule has 0 aromatic carbocycles. The fraction of sp³-hybridized carbons (Fsp3) is 0.786. The molecule has 0 amide bonds. The predicted octanol–water partition coefficient (Wildman–Crippen LogP) is 1.72. The van der Waals surface area contributed by atoms with Gasteiger partial charge >= 0.3 is 0 Å². The van der Waals surface area contributed by atoms with Crippen molar-refractivity contribution in [1.29, 1.82) is 0 Å². The molecule has 0 saturated carbocycles. The van der Waals surface area contributed by atoms with Crippen LogP contribution < -0.4 is 0 Å². The second kappa shape index (κ2) is 6.26. The van der Waals surface area contributed by atoms with Crippen molar-refractivity contribution in [1.82, 2.24) is 9.78 Å². The molecule has 2 heterocycles. The van der Waals surface area contributed by atoms with Gasteiger partial charge in [0.1, 0.15) is 0 Å². The number of hydrogen-bond acceptors (Lipinski definition) is 4. The lowest BCUT2D eigenvalue weighted by Gasteiger charge is -2.26. The van der Waals surface area contributed by atoms with E-state index in [1.807, 2.05) is 16.9 Å². The van der Waals surface area contributed by atoms with Gasteiger partial charge in [0.2, 0.25) is 0 Å². The number of hydrogen-bond donors (Lipinski definition) is 1. The second-order valence-corrected chi connectivity index (χ2v) is 8.06. The number of aliphatic hydroxyl groups excluding tert-OH is 1. The van der Waals surface area contributed by atoms with Gasteiger partial charge in [-0.05, 0) is 32.3 Å². The molecule has 20 heavy (non-hydrogen) atoms. The van der Waals surface area contributed by atoms with E-state index in [0.29, 0.717) is 25.3 Å². The van der Waals surface area contributed by atoms with Gasteiger partial charge in [0.25, 0.3) is 0 Å². The van der Waals surface area contributed by atoms with Gasteiger partial charge in [-0.2, -0.15) is 5.10 Å². The third kappa shape index (κ3) is 3.41. The minimum Gasteiger partial charge on any atom is -0.391 e. The normalized spacial score (nSPS) is 25.2. The molecule has 1 aliphatic heterocycles. The number of nitrogens with zero attached hydrogens (tertiary/aromatic N) is 2. The van der Waals surface area contributed by atoms with Crippen molar-refractivity contribution in [3.05, 3.63) is 18.0 Å². The van der Waals surface area contributed by atoms with Crippen LogP contribution in [-0.4, -0.2) is 40.4 Å². The molecule has 3 atom stereocenters. The summed E-state index contributed by atoms with van der Waals surface area (Å²) in [5, 5.41) is 14.0. The Morgan fingerprint density at radius 3 is 2.90 bits per heavy atom. The van der Waals surface area contributed by atoms with E-state index in [1.54, 1.807) is 0 Å². The van der Waals surface area contributed by atoms with Crippen molar-refractivity contribution < 1.29 is 13.5 Å². The van der Waals surface area contributed by atoms with Crippen LogP contribution in [0.25, 0.3) is 0 Å². The Labute approximate surface area is 120 Å². The zero-order chi connectivity index (χ0) is 14.8. The topological polar surface area (TPSA) is 72.2 Å². The standard InChI is InChI=1S/C14H24N2O3S/c1-3-11(2)16-8-7-12(15-16)10-13(17)14-6-4-5-9-20(14,18)19/h7-8,11,13-14,17H,3-6,9-10H2,1-2H3. The zero-order valence-electron chi connectivity index (χ0n) is 12.2. The SMILES string of the molecule is CCC(C)n1ccc(CC(O)C2CCCCS2(=O)=O)n1. The van der Waals surface area contributed by atoms with Crippen LogP contribution in [-0.2, 0) is 16.3 Å². The van der Waals surface area contributed by atoms with Crippen molar-refractivity contribution in [2.24, 2.45) is 0 Å².